The first-order chi connectivity index (χ1) is 8.63. The monoisotopic (exact) mass is 252 g/mol. The highest BCUT2D eigenvalue weighted by Gasteiger charge is 2.38. The molecule has 0 radical (unpaired) electrons. The van der Waals surface area contributed by atoms with Crippen LogP contribution < -0.4 is 0 Å². The van der Waals surface area contributed by atoms with Gasteiger partial charge in [-0.15, -0.1) is 0 Å². The molecule has 1 aliphatic carbocycles. The number of likely N-dealkylation sites (tertiary alicyclic amines) is 1. The van der Waals surface area contributed by atoms with Gasteiger partial charge in [0.2, 0.25) is 5.91 Å². The summed E-state index contributed by atoms with van der Waals surface area (Å²) in [4.78, 5) is 17.1. The Hall–Kier alpha value is -0.570. The standard InChI is InChI=1S/C15H28N2O/c1-4-9-16-10-7-14(8-11-16)17(13-5-6-13)15(18)12(2)3/h12-14H,4-11H2,1-3H3. The van der Waals surface area contributed by atoms with Gasteiger partial charge in [0.1, 0.15) is 0 Å². The topological polar surface area (TPSA) is 23.6 Å². The van der Waals surface area contributed by atoms with Crippen molar-refractivity contribution < 1.29 is 4.79 Å². The van der Waals surface area contributed by atoms with Crippen molar-refractivity contribution in [3.63, 3.8) is 0 Å². The summed E-state index contributed by atoms with van der Waals surface area (Å²) >= 11 is 0. The van der Waals surface area contributed by atoms with Crippen LogP contribution in [0.2, 0.25) is 0 Å². The molecule has 104 valence electrons. The molecule has 0 aromatic carbocycles. The summed E-state index contributed by atoms with van der Waals surface area (Å²) in [5, 5.41) is 0. The molecule has 3 heteroatoms. The summed E-state index contributed by atoms with van der Waals surface area (Å²) in [6.45, 7) is 9.87. The molecule has 2 aliphatic rings. The number of hydrogen-bond donors (Lipinski definition) is 0. The normalized spacial score (nSPS) is 22.4. The van der Waals surface area contributed by atoms with Crippen LogP contribution >= 0.6 is 0 Å². The number of nitrogens with zero attached hydrogens (tertiary/aromatic N) is 2. The second-order valence-electron chi connectivity index (χ2n) is 6.20. The molecule has 1 aliphatic heterocycles. The average Bonchev–Trinajstić information content (AvgIpc) is 3.16. The van der Waals surface area contributed by atoms with Crippen molar-refractivity contribution in [1.29, 1.82) is 0 Å². The van der Waals surface area contributed by atoms with Crippen molar-refractivity contribution in [2.24, 2.45) is 5.92 Å². The van der Waals surface area contributed by atoms with E-state index in [2.05, 4.69) is 16.7 Å². The summed E-state index contributed by atoms with van der Waals surface area (Å²) in [6.07, 6.45) is 6.05. The van der Waals surface area contributed by atoms with Gasteiger partial charge in [-0.05, 0) is 38.6 Å². The van der Waals surface area contributed by atoms with Gasteiger partial charge in [0.25, 0.3) is 0 Å². The molecule has 0 N–H and O–H groups in total. The predicted molar refractivity (Wildman–Crippen MR) is 74.5 cm³/mol. The molecule has 3 nitrogen and oxygen atoms in total. The summed E-state index contributed by atoms with van der Waals surface area (Å²) in [5.41, 5.74) is 0. The minimum absolute atomic E-state index is 0.152. The third kappa shape index (κ3) is 3.25. The zero-order valence-corrected chi connectivity index (χ0v) is 12.2. The van der Waals surface area contributed by atoms with Crippen molar-refractivity contribution in [3.05, 3.63) is 0 Å². The van der Waals surface area contributed by atoms with Crippen LogP contribution in [-0.2, 0) is 4.79 Å². The fraction of sp³-hybridized carbons (Fsp3) is 0.933. The summed E-state index contributed by atoms with van der Waals surface area (Å²) in [6, 6.07) is 1.09. The molecule has 1 saturated carbocycles. The summed E-state index contributed by atoms with van der Waals surface area (Å²) in [7, 11) is 0. The quantitative estimate of drug-likeness (QED) is 0.750. The number of amides is 1. The molecule has 1 saturated heterocycles. The maximum Gasteiger partial charge on any atom is 0.225 e. The Bertz CT molecular complexity index is 278. The van der Waals surface area contributed by atoms with Gasteiger partial charge in [-0.1, -0.05) is 20.8 Å². The first kappa shape index (κ1) is 13.9. The number of hydrogen-bond acceptors (Lipinski definition) is 2. The van der Waals surface area contributed by atoms with E-state index in [0.29, 0.717) is 18.0 Å². The van der Waals surface area contributed by atoms with Crippen LogP contribution in [0.15, 0.2) is 0 Å². The van der Waals surface area contributed by atoms with Gasteiger partial charge in [-0.2, -0.15) is 0 Å². The minimum atomic E-state index is 0.152. The van der Waals surface area contributed by atoms with Gasteiger partial charge in [-0.3, -0.25) is 4.79 Å². The maximum absolute atomic E-state index is 12.3. The average molecular weight is 252 g/mol. The van der Waals surface area contributed by atoms with Crippen molar-refractivity contribution in [3.8, 4) is 0 Å². The van der Waals surface area contributed by atoms with Gasteiger partial charge >= 0.3 is 0 Å². The lowest BCUT2D eigenvalue weighted by Crippen LogP contribution is -2.49. The Balaban J connectivity index is 1.90. The van der Waals surface area contributed by atoms with Crippen molar-refractivity contribution in [2.45, 2.75) is 65.0 Å². The molecule has 1 heterocycles. The van der Waals surface area contributed by atoms with E-state index in [4.69, 9.17) is 0 Å². The van der Waals surface area contributed by atoms with Crippen molar-refractivity contribution in [2.75, 3.05) is 19.6 Å². The lowest BCUT2D eigenvalue weighted by atomic mass is 10.0. The molecule has 0 unspecified atom stereocenters. The van der Waals surface area contributed by atoms with Crippen LogP contribution in [0.5, 0.6) is 0 Å². The van der Waals surface area contributed by atoms with E-state index in [1.165, 1.54) is 51.7 Å². The Morgan fingerprint density at radius 2 is 1.72 bits per heavy atom. The molecule has 18 heavy (non-hydrogen) atoms. The molecule has 1 amide bonds. The smallest absolute Gasteiger partial charge is 0.225 e. The first-order valence-electron chi connectivity index (χ1n) is 7.68. The second kappa shape index (κ2) is 6.05. The number of rotatable bonds is 5. The van der Waals surface area contributed by atoms with Crippen LogP contribution in [0, 0.1) is 5.92 Å². The second-order valence-corrected chi connectivity index (χ2v) is 6.20. The van der Waals surface area contributed by atoms with Crippen molar-refractivity contribution in [1.82, 2.24) is 9.80 Å². The molecular weight excluding hydrogens is 224 g/mol. The fourth-order valence-electron chi connectivity index (χ4n) is 3.05. The third-order valence-corrected chi connectivity index (χ3v) is 4.18. The van der Waals surface area contributed by atoms with Gasteiger partial charge in [0.15, 0.2) is 0 Å². The highest BCUT2D eigenvalue weighted by atomic mass is 16.2. The Morgan fingerprint density at radius 3 is 2.17 bits per heavy atom. The largest absolute Gasteiger partial charge is 0.336 e. The molecule has 0 aromatic heterocycles. The third-order valence-electron chi connectivity index (χ3n) is 4.18. The lowest BCUT2D eigenvalue weighted by molar-refractivity contribution is -0.138. The van der Waals surface area contributed by atoms with E-state index in [1.54, 1.807) is 0 Å². The van der Waals surface area contributed by atoms with Crippen LogP contribution in [0.3, 0.4) is 0 Å². The molecule has 2 rings (SSSR count). The maximum atomic E-state index is 12.3. The van der Waals surface area contributed by atoms with E-state index in [-0.39, 0.29) is 5.92 Å². The van der Waals surface area contributed by atoms with E-state index in [9.17, 15) is 4.79 Å². The first-order valence-corrected chi connectivity index (χ1v) is 7.68. The zero-order valence-electron chi connectivity index (χ0n) is 12.2. The fourth-order valence-corrected chi connectivity index (χ4v) is 3.05. The van der Waals surface area contributed by atoms with E-state index >= 15 is 0 Å². The van der Waals surface area contributed by atoms with Gasteiger partial charge in [0, 0.05) is 31.1 Å². The molecule has 2 fully saturated rings. The van der Waals surface area contributed by atoms with E-state index in [1.807, 2.05) is 13.8 Å². The van der Waals surface area contributed by atoms with Crippen LogP contribution in [-0.4, -0.2) is 47.4 Å². The number of piperidine rings is 1. The lowest BCUT2D eigenvalue weighted by Gasteiger charge is -2.39. The van der Waals surface area contributed by atoms with Crippen LogP contribution in [0.4, 0.5) is 0 Å². The summed E-state index contributed by atoms with van der Waals surface area (Å²) < 4.78 is 0. The van der Waals surface area contributed by atoms with E-state index in [0.717, 1.165) is 0 Å². The highest BCUT2D eigenvalue weighted by molar-refractivity contribution is 5.79. The molecule has 0 spiro atoms. The molecule has 0 atom stereocenters. The minimum Gasteiger partial charge on any atom is -0.336 e. The number of carbonyl (C=O) groups is 1. The molecule has 0 aromatic rings. The van der Waals surface area contributed by atoms with Gasteiger partial charge in [0.05, 0.1) is 0 Å². The summed E-state index contributed by atoms with van der Waals surface area (Å²) in [5.74, 6) is 0.533. The SMILES string of the molecule is CCCN1CCC(N(C(=O)C(C)C)C2CC2)CC1. The van der Waals surface area contributed by atoms with Gasteiger partial charge in [-0.25, -0.2) is 0 Å². The van der Waals surface area contributed by atoms with E-state index < -0.39 is 0 Å². The Labute approximate surface area is 112 Å². The van der Waals surface area contributed by atoms with Crippen LogP contribution in [0.1, 0.15) is 52.9 Å². The van der Waals surface area contributed by atoms with Crippen molar-refractivity contribution >= 4 is 5.91 Å². The van der Waals surface area contributed by atoms with Crippen LogP contribution in [0.25, 0.3) is 0 Å². The Morgan fingerprint density at radius 1 is 1.17 bits per heavy atom. The van der Waals surface area contributed by atoms with Gasteiger partial charge < -0.3 is 9.80 Å². The predicted octanol–water partition coefficient (Wildman–Crippen LogP) is 2.51. The Kier molecular flexibility index (Phi) is 4.66. The molecular formula is C15H28N2O. The molecule has 0 bridgehead atoms. The number of carbonyl (C=O) groups excluding carboxylic acids is 1. The zero-order chi connectivity index (χ0) is 13.1. The highest BCUT2D eigenvalue weighted by Crippen LogP contribution is 2.33.